The number of hydrogen-bond donors (Lipinski definition) is 1. The molecule has 1 aromatic carbocycles. The molecule has 1 aromatic rings. The van der Waals surface area contributed by atoms with E-state index in [0.29, 0.717) is 12.2 Å². The Morgan fingerprint density at radius 3 is 2.94 bits per heavy atom. The lowest BCUT2D eigenvalue weighted by molar-refractivity contribution is 0.0697. The van der Waals surface area contributed by atoms with Crippen LogP contribution in [0.4, 0.5) is 5.69 Å². The third-order valence-corrected chi connectivity index (χ3v) is 3.01. The number of rotatable bonds is 2. The van der Waals surface area contributed by atoms with Crippen LogP contribution in [0.15, 0.2) is 18.2 Å². The van der Waals surface area contributed by atoms with Gasteiger partial charge in [0.15, 0.2) is 0 Å². The number of carbonyl (C=O) groups is 1. The zero-order valence-electron chi connectivity index (χ0n) is 9.98. The zero-order chi connectivity index (χ0) is 12.3. The van der Waals surface area contributed by atoms with Crippen molar-refractivity contribution in [3.63, 3.8) is 0 Å². The van der Waals surface area contributed by atoms with Gasteiger partial charge in [0.25, 0.3) is 0 Å². The number of carboxylic acids is 1. The van der Waals surface area contributed by atoms with Crippen molar-refractivity contribution in [2.24, 2.45) is 0 Å². The summed E-state index contributed by atoms with van der Waals surface area (Å²) in [5.74, 6) is -0.867. The highest BCUT2D eigenvalue weighted by atomic mass is 16.5. The molecule has 0 bridgehead atoms. The fourth-order valence-corrected chi connectivity index (χ4v) is 2.22. The number of benzene rings is 1. The maximum absolute atomic E-state index is 11.2. The molecule has 92 valence electrons. The maximum atomic E-state index is 11.2. The predicted octanol–water partition coefficient (Wildman–Crippen LogP) is 1.92. The highest BCUT2D eigenvalue weighted by Crippen LogP contribution is 2.26. The van der Waals surface area contributed by atoms with E-state index in [1.807, 2.05) is 13.0 Å². The average Bonchev–Trinajstić information content (AvgIpc) is 2.57. The first-order valence-electron chi connectivity index (χ1n) is 5.86. The van der Waals surface area contributed by atoms with E-state index in [2.05, 4.69) is 4.90 Å². The van der Waals surface area contributed by atoms with Crippen molar-refractivity contribution >= 4 is 11.7 Å². The molecule has 2 rings (SSSR count). The quantitative estimate of drug-likeness (QED) is 0.850. The number of para-hydroxylation sites is 1. The Labute approximate surface area is 101 Å². The molecule has 0 amide bonds. The lowest BCUT2D eigenvalue weighted by Gasteiger charge is -2.25. The Morgan fingerprint density at radius 2 is 2.18 bits per heavy atom. The van der Waals surface area contributed by atoms with Crippen LogP contribution in [-0.4, -0.2) is 37.4 Å². The van der Waals surface area contributed by atoms with E-state index in [9.17, 15) is 9.90 Å². The van der Waals surface area contributed by atoms with Gasteiger partial charge in [-0.1, -0.05) is 12.1 Å². The molecule has 1 saturated heterocycles. The summed E-state index contributed by atoms with van der Waals surface area (Å²) in [6.07, 6.45) is 0.938. The Kier molecular flexibility index (Phi) is 3.64. The first kappa shape index (κ1) is 11.9. The minimum absolute atomic E-state index is 0.381. The summed E-state index contributed by atoms with van der Waals surface area (Å²) in [5, 5.41) is 9.23. The van der Waals surface area contributed by atoms with Gasteiger partial charge in [-0.05, 0) is 25.0 Å². The van der Waals surface area contributed by atoms with Crippen LogP contribution in [0, 0.1) is 6.92 Å². The van der Waals surface area contributed by atoms with Gasteiger partial charge in [0.1, 0.15) is 0 Å². The molecule has 1 N–H and O–H groups in total. The Bertz CT molecular complexity index is 409. The average molecular weight is 235 g/mol. The Balaban J connectivity index is 2.37. The molecule has 0 radical (unpaired) electrons. The number of anilines is 1. The van der Waals surface area contributed by atoms with Gasteiger partial charge in [-0.25, -0.2) is 4.79 Å². The summed E-state index contributed by atoms with van der Waals surface area (Å²) in [6.45, 7) is 4.97. The van der Waals surface area contributed by atoms with Crippen LogP contribution in [-0.2, 0) is 4.74 Å². The van der Waals surface area contributed by atoms with Gasteiger partial charge in [-0.15, -0.1) is 0 Å². The van der Waals surface area contributed by atoms with Crippen LogP contribution in [0.1, 0.15) is 22.3 Å². The molecule has 0 atom stereocenters. The van der Waals surface area contributed by atoms with E-state index >= 15 is 0 Å². The number of hydrogen-bond acceptors (Lipinski definition) is 3. The summed E-state index contributed by atoms with van der Waals surface area (Å²) in [5.41, 5.74) is 2.23. The molecule has 0 aliphatic carbocycles. The summed E-state index contributed by atoms with van der Waals surface area (Å²) < 4.78 is 5.40. The molecule has 1 aliphatic heterocycles. The topological polar surface area (TPSA) is 49.8 Å². The smallest absolute Gasteiger partial charge is 0.337 e. The van der Waals surface area contributed by atoms with Crippen LogP contribution in [0.5, 0.6) is 0 Å². The summed E-state index contributed by atoms with van der Waals surface area (Å²) in [4.78, 5) is 13.4. The van der Waals surface area contributed by atoms with Crippen molar-refractivity contribution < 1.29 is 14.6 Å². The molecular weight excluding hydrogens is 218 g/mol. The highest BCUT2D eigenvalue weighted by molar-refractivity contribution is 5.95. The number of nitrogens with zero attached hydrogens (tertiary/aromatic N) is 1. The van der Waals surface area contributed by atoms with E-state index in [1.54, 1.807) is 12.1 Å². The summed E-state index contributed by atoms with van der Waals surface area (Å²) >= 11 is 0. The second-order valence-corrected chi connectivity index (χ2v) is 4.23. The number of ether oxygens (including phenoxy) is 1. The summed E-state index contributed by atoms with van der Waals surface area (Å²) in [7, 11) is 0. The van der Waals surface area contributed by atoms with Gasteiger partial charge < -0.3 is 14.7 Å². The van der Waals surface area contributed by atoms with Crippen molar-refractivity contribution in [3.05, 3.63) is 29.3 Å². The predicted molar refractivity (Wildman–Crippen MR) is 65.8 cm³/mol. The van der Waals surface area contributed by atoms with Crippen LogP contribution in [0.25, 0.3) is 0 Å². The van der Waals surface area contributed by atoms with Crippen molar-refractivity contribution in [2.45, 2.75) is 13.3 Å². The Morgan fingerprint density at radius 1 is 1.35 bits per heavy atom. The monoisotopic (exact) mass is 235 g/mol. The third kappa shape index (κ3) is 2.58. The molecule has 17 heavy (non-hydrogen) atoms. The van der Waals surface area contributed by atoms with Gasteiger partial charge in [0, 0.05) is 19.7 Å². The molecular formula is C13H17NO3. The molecule has 0 spiro atoms. The number of carboxylic acid groups (broad SMARTS) is 1. The molecule has 1 aliphatic rings. The molecule has 0 saturated carbocycles. The van der Waals surface area contributed by atoms with Crippen LogP contribution in [0.3, 0.4) is 0 Å². The fraction of sp³-hybridized carbons (Fsp3) is 0.462. The van der Waals surface area contributed by atoms with Gasteiger partial charge in [0.05, 0.1) is 17.9 Å². The van der Waals surface area contributed by atoms with E-state index in [4.69, 9.17) is 4.74 Å². The maximum Gasteiger partial charge on any atom is 0.337 e. The fourth-order valence-electron chi connectivity index (χ4n) is 2.22. The number of aromatic carboxylic acids is 1. The SMILES string of the molecule is Cc1cccc(C(=O)O)c1N1CCCOCC1. The van der Waals surface area contributed by atoms with E-state index < -0.39 is 5.97 Å². The Hall–Kier alpha value is -1.55. The molecule has 4 nitrogen and oxygen atoms in total. The van der Waals surface area contributed by atoms with Gasteiger partial charge >= 0.3 is 5.97 Å². The van der Waals surface area contributed by atoms with Crippen molar-refractivity contribution in [3.8, 4) is 0 Å². The first-order chi connectivity index (χ1) is 8.20. The van der Waals surface area contributed by atoms with Crippen LogP contribution < -0.4 is 4.90 Å². The highest BCUT2D eigenvalue weighted by Gasteiger charge is 2.19. The van der Waals surface area contributed by atoms with E-state index in [1.165, 1.54) is 0 Å². The number of aryl methyl sites for hydroxylation is 1. The largest absolute Gasteiger partial charge is 0.478 e. The standard InChI is InChI=1S/C13H17NO3/c1-10-4-2-5-11(13(15)16)12(10)14-6-3-8-17-9-7-14/h2,4-5H,3,6-9H2,1H3,(H,15,16). The summed E-state index contributed by atoms with van der Waals surface area (Å²) in [6, 6.07) is 5.40. The second kappa shape index (κ2) is 5.19. The molecule has 0 aromatic heterocycles. The van der Waals surface area contributed by atoms with Gasteiger partial charge in [-0.2, -0.15) is 0 Å². The third-order valence-electron chi connectivity index (χ3n) is 3.01. The van der Waals surface area contributed by atoms with Gasteiger partial charge in [-0.3, -0.25) is 0 Å². The van der Waals surface area contributed by atoms with Crippen molar-refractivity contribution in [1.82, 2.24) is 0 Å². The molecule has 1 fully saturated rings. The van der Waals surface area contributed by atoms with Crippen LogP contribution >= 0.6 is 0 Å². The molecule has 1 heterocycles. The lowest BCUT2D eigenvalue weighted by Crippen LogP contribution is -2.28. The first-order valence-corrected chi connectivity index (χ1v) is 5.86. The zero-order valence-corrected chi connectivity index (χ0v) is 9.98. The van der Waals surface area contributed by atoms with E-state index in [-0.39, 0.29) is 0 Å². The van der Waals surface area contributed by atoms with Gasteiger partial charge in [0.2, 0.25) is 0 Å². The normalized spacial score (nSPS) is 16.6. The molecule has 0 unspecified atom stereocenters. The van der Waals surface area contributed by atoms with Crippen LogP contribution in [0.2, 0.25) is 0 Å². The lowest BCUT2D eigenvalue weighted by atomic mass is 10.1. The minimum Gasteiger partial charge on any atom is -0.478 e. The van der Waals surface area contributed by atoms with Crippen molar-refractivity contribution in [1.29, 1.82) is 0 Å². The molecule has 4 heteroatoms. The van der Waals surface area contributed by atoms with E-state index in [0.717, 1.165) is 37.4 Å². The van der Waals surface area contributed by atoms with Crippen molar-refractivity contribution in [2.75, 3.05) is 31.2 Å². The second-order valence-electron chi connectivity index (χ2n) is 4.23. The minimum atomic E-state index is -0.867.